The lowest BCUT2D eigenvalue weighted by Gasteiger charge is -2.37. The van der Waals surface area contributed by atoms with Gasteiger partial charge in [0.05, 0.1) is 5.25 Å². The molecule has 4 unspecified atom stereocenters. The molecular weight excluding hydrogens is 242 g/mol. The van der Waals surface area contributed by atoms with Crippen LogP contribution in [0.4, 0.5) is 0 Å². The predicted octanol–water partition coefficient (Wildman–Crippen LogP) is 3.23. The van der Waals surface area contributed by atoms with Crippen LogP contribution < -0.4 is 5.32 Å². The standard InChI is InChI=1S/C15H29NOS/c1-3-12-9-10-14(16-4-2)15(11-12)18(17)13-7-5-6-8-13/h12-16H,3-11H2,1-2H3. The molecule has 0 amide bonds. The van der Waals surface area contributed by atoms with Crippen molar-refractivity contribution in [3.05, 3.63) is 0 Å². The molecule has 3 heteroatoms. The molecule has 2 aliphatic carbocycles. The molecule has 0 aromatic carbocycles. The van der Waals surface area contributed by atoms with E-state index in [0.717, 1.165) is 12.5 Å². The Morgan fingerprint density at radius 1 is 1.11 bits per heavy atom. The van der Waals surface area contributed by atoms with E-state index >= 15 is 0 Å². The molecule has 2 aliphatic rings. The summed E-state index contributed by atoms with van der Waals surface area (Å²) >= 11 is 0. The zero-order chi connectivity index (χ0) is 13.0. The molecule has 106 valence electrons. The Morgan fingerprint density at radius 2 is 1.83 bits per heavy atom. The van der Waals surface area contributed by atoms with Crippen LogP contribution in [0, 0.1) is 5.92 Å². The molecule has 4 atom stereocenters. The van der Waals surface area contributed by atoms with Crippen molar-refractivity contribution in [2.24, 2.45) is 5.92 Å². The molecule has 0 aromatic heterocycles. The lowest BCUT2D eigenvalue weighted by Crippen LogP contribution is -2.48. The Bertz CT molecular complexity index is 276. The van der Waals surface area contributed by atoms with E-state index in [2.05, 4.69) is 19.2 Å². The zero-order valence-electron chi connectivity index (χ0n) is 12.0. The van der Waals surface area contributed by atoms with Gasteiger partial charge in [-0.15, -0.1) is 0 Å². The van der Waals surface area contributed by atoms with Gasteiger partial charge in [0.25, 0.3) is 0 Å². The third-order valence-corrected chi connectivity index (χ3v) is 7.12. The average Bonchev–Trinajstić information content (AvgIpc) is 2.92. The molecule has 18 heavy (non-hydrogen) atoms. The van der Waals surface area contributed by atoms with Gasteiger partial charge in [-0.3, -0.25) is 4.21 Å². The normalized spacial score (nSPS) is 35.8. The van der Waals surface area contributed by atoms with Gasteiger partial charge in [0, 0.05) is 22.1 Å². The number of nitrogens with one attached hydrogen (secondary N) is 1. The van der Waals surface area contributed by atoms with Crippen molar-refractivity contribution in [1.82, 2.24) is 5.32 Å². The van der Waals surface area contributed by atoms with E-state index in [1.807, 2.05) is 0 Å². The Morgan fingerprint density at radius 3 is 2.44 bits per heavy atom. The first kappa shape index (κ1) is 14.5. The molecule has 0 spiro atoms. The van der Waals surface area contributed by atoms with Crippen molar-refractivity contribution < 1.29 is 4.21 Å². The van der Waals surface area contributed by atoms with Crippen molar-refractivity contribution in [2.45, 2.75) is 81.8 Å². The Balaban J connectivity index is 2.00. The van der Waals surface area contributed by atoms with Gasteiger partial charge >= 0.3 is 0 Å². The van der Waals surface area contributed by atoms with Gasteiger partial charge < -0.3 is 5.32 Å². The highest BCUT2D eigenvalue weighted by molar-refractivity contribution is 7.86. The lowest BCUT2D eigenvalue weighted by molar-refractivity contribution is 0.293. The second-order valence-corrected chi connectivity index (χ2v) is 7.95. The topological polar surface area (TPSA) is 29.1 Å². The van der Waals surface area contributed by atoms with Gasteiger partial charge in [0.2, 0.25) is 0 Å². The number of hydrogen-bond donors (Lipinski definition) is 1. The smallest absolute Gasteiger partial charge is 0.0506 e. The molecule has 2 fully saturated rings. The quantitative estimate of drug-likeness (QED) is 0.832. The summed E-state index contributed by atoms with van der Waals surface area (Å²) in [6, 6.07) is 0.513. The van der Waals surface area contributed by atoms with Crippen LogP contribution in [0.25, 0.3) is 0 Å². The molecule has 0 aliphatic heterocycles. The fourth-order valence-electron chi connectivity index (χ4n) is 3.70. The van der Waals surface area contributed by atoms with Crippen LogP contribution in [0.1, 0.15) is 65.2 Å². The van der Waals surface area contributed by atoms with Crippen molar-refractivity contribution in [3.8, 4) is 0 Å². The molecule has 2 saturated carbocycles. The summed E-state index contributed by atoms with van der Waals surface area (Å²) in [5.74, 6) is 0.815. The SMILES string of the molecule is CCNC1CCC(CC)CC1S(=O)C1CCCC1. The summed E-state index contributed by atoms with van der Waals surface area (Å²) in [4.78, 5) is 0. The first-order chi connectivity index (χ1) is 8.76. The first-order valence-electron chi connectivity index (χ1n) is 7.89. The van der Waals surface area contributed by atoms with Gasteiger partial charge in [0.1, 0.15) is 0 Å². The summed E-state index contributed by atoms with van der Waals surface area (Å²) in [7, 11) is -0.598. The fraction of sp³-hybridized carbons (Fsp3) is 1.00. The highest BCUT2D eigenvalue weighted by atomic mass is 32.2. The third-order valence-electron chi connectivity index (χ3n) is 4.87. The maximum Gasteiger partial charge on any atom is 0.0506 e. The van der Waals surface area contributed by atoms with Crippen molar-refractivity contribution in [2.75, 3.05) is 6.54 Å². The van der Waals surface area contributed by atoms with Crippen molar-refractivity contribution in [3.63, 3.8) is 0 Å². The van der Waals surface area contributed by atoms with Gasteiger partial charge in [0.15, 0.2) is 0 Å². The Kier molecular flexibility index (Phi) is 5.68. The van der Waals surface area contributed by atoms with E-state index in [1.165, 1.54) is 51.4 Å². The molecule has 2 nitrogen and oxygen atoms in total. The predicted molar refractivity (Wildman–Crippen MR) is 79.3 cm³/mol. The highest BCUT2D eigenvalue weighted by Crippen LogP contribution is 2.34. The molecule has 1 N–H and O–H groups in total. The zero-order valence-corrected chi connectivity index (χ0v) is 12.8. The van der Waals surface area contributed by atoms with Gasteiger partial charge in [-0.1, -0.05) is 33.1 Å². The van der Waals surface area contributed by atoms with Crippen LogP contribution in [-0.2, 0) is 10.8 Å². The largest absolute Gasteiger partial charge is 0.313 e. The summed E-state index contributed by atoms with van der Waals surface area (Å²) in [5, 5.41) is 4.52. The number of hydrogen-bond acceptors (Lipinski definition) is 2. The van der Waals surface area contributed by atoms with E-state index in [1.54, 1.807) is 0 Å². The second-order valence-electron chi connectivity index (χ2n) is 6.02. The summed E-state index contributed by atoms with van der Waals surface area (Å²) < 4.78 is 12.8. The average molecular weight is 271 g/mol. The minimum Gasteiger partial charge on any atom is -0.313 e. The summed E-state index contributed by atoms with van der Waals surface area (Å²) in [5.41, 5.74) is 0. The first-order valence-corrected chi connectivity index (χ1v) is 9.16. The van der Waals surface area contributed by atoms with Crippen LogP contribution >= 0.6 is 0 Å². The van der Waals surface area contributed by atoms with Crippen LogP contribution in [0.3, 0.4) is 0 Å². The highest BCUT2D eigenvalue weighted by Gasteiger charge is 2.36. The fourth-order valence-corrected chi connectivity index (χ4v) is 6.01. The van der Waals surface area contributed by atoms with Gasteiger partial charge in [-0.2, -0.15) is 0 Å². The third kappa shape index (κ3) is 3.36. The van der Waals surface area contributed by atoms with Crippen molar-refractivity contribution in [1.29, 1.82) is 0 Å². The molecule has 0 radical (unpaired) electrons. The lowest BCUT2D eigenvalue weighted by atomic mass is 9.84. The van der Waals surface area contributed by atoms with E-state index in [4.69, 9.17) is 0 Å². The summed E-state index contributed by atoms with van der Waals surface area (Å²) in [6.07, 6.45) is 10.0. The molecular formula is C15H29NOS. The van der Waals surface area contributed by atoms with Crippen LogP contribution in [-0.4, -0.2) is 27.3 Å². The second kappa shape index (κ2) is 7.04. The van der Waals surface area contributed by atoms with Crippen LogP contribution in [0.2, 0.25) is 0 Å². The van der Waals surface area contributed by atoms with E-state index in [0.29, 0.717) is 16.5 Å². The van der Waals surface area contributed by atoms with Crippen LogP contribution in [0.15, 0.2) is 0 Å². The Hall–Kier alpha value is 0.110. The Labute approximate surface area is 115 Å². The number of rotatable bonds is 5. The van der Waals surface area contributed by atoms with E-state index in [9.17, 15) is 4.21 Å². The molecule has 0 saturated heterocycles. The van der Waals surface area contributed by atoms with E-state index in [-0.39, 0.29) is 0 Å². The molecule has 0 heterocycles. The van der Waals surface area contributed by atoms with Crippen LogP contribution in [0.5, 0.6) is 0 Å². The monoisotopic (exact) mass is 271 g/mol. The summed E-state index contributed by atoms with van der Waals surface area (Å²) in [6.45, 7) is 5.47. The molecule has 0 aromatic rings. The van der Waals surface area contributed by atoms with Gasteiger partial charge in [-0.25, -0.2) is 0 Å². The molecule has 0 bridgehead atoms. The minimum absolute atomic E-state index is 0.423. The van der Waals surface area contributed by atoms with Gasteiger partial charge in [-0.05, 0) is 44.6 Å². The maximum absolute atomic E-state index is 12.8. The van der Waals surface area contributed by atoms with E-state index < -0.39 is 10.8 Å². The molecule has 2 rings (SSSR count). The van der Waals surface area contributed by atoms with Crippen molar-refractivity contribution >= 4 is 10.8 Å². The maximum atomic E-state index is 12.8. The minimum atomic E-state index is -0.598.